The van der Waals surface area contributed by atoms with Crippen molar-refractivity contribution in [3.8, 4) is 11.3 Å². The number of rotatable bonds is 7. The predicted molar refractivity (Wildman–Crippen MR) is 131 cm³/mol. The molecule has 1 aliphatic heterocycles. The van der Waals surface area contributed by atoms with E-state index < -0.39 is 0 Å². The van der Waals surface area contributed by atoms with Crippen LogP contribution in [0.3, 0.4) is 0 Å². The van der Waals surface area contributed by atoms with Gasteiger partial charge in [-0.3, -0.25) is 4.79 Å². The Hall–Kier alpha value is -3.94. The van der Waals surface area contributed by atoms with E-state index in [0.29, 0.717) is 6.42 Å². The van der Waals surface area contributed by atoms with E-state index in [0.717, 1.165) is 57.9 Å². The molecule has 0 saturated heterocycles. The first-order valence-corrected chi connectivity index (χ1v) is 11.0. The van der Waals surface area contributed by atoms with E-state index in [1.54, 1.807) is 7.05 Å². The minimum absolute atomic E-state index is 0.00374. The van der Waals surface area contributed by atoms with Gasteiger partial charge in [0.25, 0.3) is 0 Å². The molecule has 33 heavy (non-hydrogen) atoms. The van der Waals surface area contributed by atoms with Crippen LogP contribution in [0, 0.1) is 12.3 Å². The van der Waals surface area contributed by atoms with Gasteiger partial charge in [-0.15, -0.1) is 5.10 Å². The summed E-state index contributed by atoms with van der Waals surface area (Å²) in [5.41, 5.74) is 7.94. The summed E-state index contributed by atoms with van der Waals surface area (Å²) in [7, 11) is 3.48. The van der Waals surface area contributed by atoms with Crippen LogP contribution >= 0.6 is 0 Å². The first kappa shape index (κ1) is 22.3. The number of aromatic nitrogens is 3. The van der Waals surface area contributed by atoms with Crippen LogP contribution in [0.1, 0.15) is 34.8 Å². The fraction of sp³-hybridized carbons (Fsp3) is 0.280. The first-order chi connectivity index (χ1) is 16.0. The average molecular weight is 444 g/mol. The number of hydrogen-bond acceptors (Lipinski definition) is 6. The molecule has 0 unspecified atom stereocenters. The van der Waals surface area contributed by atoms with Crippen molar-refractivity contribution in [1.29, 1.82) is 5.41 Å². The molecule has 170 valence electrons. The van der Waals surface area contributed by atoms with Gasteiger partial charge >= 0.3 is 0 Å². The second-order valence-electron chi connectivity index (χ2n) is 8.11. The first-order valence-electron chi connectivity index (χ1n) is 11.0. The van der Waals surface area contributed by atoms with Crippen LogP contribution in [0.4, 0.5) is 5.69 Å². The molecule has 1 atom stereocenters. The third kappa shape index (κ3) is 4.64. The molecule has 1 aromatic heterocycles. The number of carbonyl (C=O) groups excluding carboxylic acids is 1. The molecule has 0 aliphatic carbocycles. The van der Waals surface area contributed by atoms with Crippen molar-refractivity contribution in [1.82, 2.24) is 25.6 Å². The zero-order valence-electron chi connectivity index (χ0n) is 19.1. The highest BCUT2D eigenvalue weighted by Crippen LogP contribution is 2.38. The average Bonchev–Trinajstić information content (AvgIpc) is 3.12. The highest BCUT2D eigenvalue weighted by Gasteiger charge is 2.25. The molecule has 0 spiro atoms. The summed E-state index contributed by atoms with van der Waals surface area (Å²) in [4.78, 5) is 11.7. The second kappa shape index (κ2) is 9.68. The van der Waals surface area contributed by atoms with Gasteiger partial charge in [0, 0.05) is 49.9 Å². The number of aryl methyl sites for hydroxylation is 2. The number of fused-ring (bicyclic) bond motifs is 3. The fourth-order valence-electron chi connectivity index (χ4n) is 4.25. The Kier molecular flexibility index (Phi) is 6.53. The number of nitrogens with zero attached hydrogens (tertiary/aromatic N) is 3. The van der Waals surface area contributed by atoms with E-state index in [1.165, 1.54) is 6.21 Å². The van der Waals surface area contributed by atoms with Crippen LogP contribution in [0.5, 0.6) is 0 Å². The largest absolute Gasteiger partial charge is 0.393 e. The molecule has 0 saturated carbocycles. The maximum Gasteiger partial charge on any atom is 0.224 e. The van der Waals surface area contributed by atoms with Crippen LogP contribution in [0.15, 0.2) is 48.7 Å². The van der Waals surface area contributed by atoms with Crippen LogP contribution in [-0.4, -0.2) is 41.2 Å². The van der Waals surface area contributed by atoms with E-state index in [-0.39, 0.29) is 11.9 Å². The van der Waals surface area contributed by atoms with Crippen LogP contribution in [0.2, 0.25) is 0 Å². The highest BCUT2D eigenvalue weighted by molar-refractivity contribution is 6.08. The Morgan fingerprint density at radius 1 is 1.21 bits per heavy atom. The quantitative estimate of drug-likeness (QED) is 0.419. The summed E-state index contributed by atoms with van der Waals surface area (Å²) >= 11 is 0. The van der Waals surface area contributed by atoms with Crippen molar-refractivity contribution in [2.45, 2.75) is 32.4 Å². The molecule has 0 fully saturated rings. The van der Waals surface area contributed by atoms with Gasteiger partial charge in [-0.25, -0.2) is 4.68 Å². The van der Waals surface area contributed by atoms with Gasteiger partial charge in [-0.1, -0.05) is 29.5 Å². The molecule has 2 heterocycles. The van der Waals surface area contributed by atoms with Crippen molar-refractivity contribution < 1.29 is 4.79 Å². The van der Waals surface area contributed by atoms with Gasteiger partial charge in [0.1, 0.15) is 0 Å². The van der Waals surface area contributed by atoms with Crippen molar-refractivity contribution in [3.05, 3.63) is 71.0 Å². The topological polar surface area (TPSA) is 108 Å². The summed E-state index contributed by atoms with van der Waals surface area (Å²) in [6, 6.07) is 14.3. The molecule has 0 bridgehead atoms. The Morgan fingerprint density at radius 3 is 2.70 bits per heavy atom. The molecule has 8 nitrogen and oxygen atoms in total. The standard InChI is InChI=1S/C25H29N7O/c1-16-25-21-9-6-18(19(14-26)15-27-2)13-22(21)23(10-11-32(25)31-30-16)29-20-7-4-17(5-8-20)12-24(33)28-3/h4-9,13-15,23,26-27,29H,10-12H2,1-3H3,(H,28,33)/b19-15+,26-14?/t23-/m1/s1. The molecular weight excluding hydrogens is 414 g/mol. The lowest BCUT2D eigenvalue weighted by Crippen LogP contribution is -2.19. The number of benzene rings is 2. The van der Waals surface area contributed by atoms with E-state index in [4.69, 9.17) is 5.41 Å². The predicted octanol–water partition coefficient (Wildman–Crippen LogP) is 3.31. The normalized spacial score (nSPS) is 15.1. The number of amides is 1. The van der Waals surface area contributed by atoms with Gasteiger partial charge in [-0.2, -0.15) is 0 Å². The summed E-state index contributed by atoms with van der Waals surface area (Å²) in [5, 5.41) is 25.8. The van der Waals surface area contributed by atoms with Crippen LogP contribution < -0.4 is 16.0 Å². The molecule has 4 N–H and O–H groups in total. The van der Waals surface area contributed by atoms with Crippen molar-refractivity contribution >= 4 is 23.4 Å². The number of carbonyl (C=O) groups is 1. The van der Waals surface area contributed by atoms with Crippen molar-refractivity contribution in [2.24, 2.45) is 0 Å². The maximum absolute atomic E-state index is 11.7. The highest BCUT2D eigenvalue weighted by atomic mass is 16.1. The third-order valence-corrected chi connectivity index (χ3v) is 5.94. The van der Waals surface area contributed by atoms with Gasteiger partial charge < -0.3 is 21.4 Å². The van der Waals surface area contributed by atoms with E-state index in [9.17, 15) is 4.79 Å². The summed E-state index contributed by atoms with van der Waals surface area (Å²) in [5.74, 6) is -0.00374. The Labute approximate surface area is 193 Å². The lowest BCUT2D eigenvalue weighted by Gasteiger charge is -2.22. The lowest BCUT2D eigenvalue weighted by atomic mass is 9.92. The number of nitrogens with one attached hydrogen (secondary N) is 4. The third-order valence-electron chi connectivity index (χ3n) is 5.94. The molecule has 0 radical (unpaired) electrons. The van der Waals surface area contributed by atoms with Crippen LogP contribution in [0.25, 0.3) is 16.8 Å². The zero-order valence-corrected chi connectivity index (χ0v) is 19.1. The van der Waals surface area contributed by atoms with Crippen LogP contribution in [-0.2, 0) is 17.8 Å². The molecular formula is C25H29N7O. The number of anilines is 1. The molecule has 1 amide bonds. The Morgan fingerprint density at radius 2 is 2.00 bits per heavy atom. The van der Waals surface area contributed by atoms with Crippen molar-refractivity contribution in [2.75, 3.05) is 19.4 Å². The van der Waals surface area contributed by atoms with Gasteiger partial charge in [0.05, 0.1) is 23.9 Å². The van der Waals surface area contributed by atoms with E-state index in [1.807, 2.05) is 55.2 Å². The second-order valence-corrected chi connectivity index (χ2v) is 8.11. The minimum atomic E-state index is -0.00374. The summed E-state index contributed by atoms with van der Waals surface area (Å²) < 4.78 is 1.98. The molecule has 4 rings (SSSR count). The SMILES string of the molecule is CN/C=C(\C=N)c1ccc2c(c1)[C@H](Nc1ccc(CC(=O)NC)cc1)CCn1nnc(C)c1-2. The molecule has 1 aliphatic rings. The monoisotopic (exact) mass is 443 g/mol. The summed E-state index contributed by atoms with van der Waals surface area (Å²) in [6.07, 6.45) is 4.39. The molecule has 3 aromatic rings. The smallest absolute Gasteiger partial charge is 0.224 e. The summed E-state index contributed by atoms with van der Waals surface area (Å²) in [6.45, 7) is 2.73. The van der Waals surface area contributed by atoms with Gasteiger partial charge in [0.15, 0.2) is 0 Å². The number of allylic oxidation sites excluding steroid dienone is 1. The van der Waals surface area contributed by atoms with Gasteiger partial charge in [0.2, 0.25) is 5.91 Å². The van der Waals surface area contributed by atoms with E-state index >= 15 is 0 Å². The van der Waals surface area contributed by atoms with Crippen molar-refractivity contribution in [3.63, 3.8) is 0 Å². The van der Waals surface area contributed by atoms with Gasteiger partial charge in [-0.05, 0) is 48.2 Å². The fourth-order valence-corrected chi connectivity index (χ4v) is 4.25. The Balaban J connectivity index is 1.71. The zero-order chi connectivity index (χ0) is 23.4. The number of likely N-dealkylation sites (N-methyl/N-ethyl adjacent to an activating group) is 1. The molecule has 8 heteroatoms. The van der Waals surface area contributed by atoms with E-state index in [2.05, 4.69) is 38.4 Å². The Bertz CT molecular complexity index is 1190. The number of hydrogen-bond donors (Lipinski definition) is 4. The lowest BCUT2D eigenvalue weighted by molar-refractivity contribution is -0.119. The maximum atomic E-state index is 11.7. The minimum Gasteiger partial charge on any atom is -0.393 e. The molecule has 2 aromatic carbocycles.